The van der Waals surface area contributed by atoms with E-state index in [0.29, 0.717) is 24.6 Å². The molecule has 2 aliphatic rings. The number of nitrogens with one attached hydrogen (secondary N) is 1. The zero-order valence-electron chi connectivity index (χ0n) is 17.8. The zero-order chi connectivity index (χ0) is 20.9. The second-order valence-corrected chi connectivity index (χ2v) is 7.94. The quantitative estimate of drug-likeness (QED) is 0.757. The minimum atomic E-state index is -0.0277. The summed E-state index contributed by atoms with van der Waals surface area (Å²) in [4.78, 5) is 21.7. The lowest BCUT2D eigenvalue weighted by atomic mass is 10.1. The van der Waals surface area contributed by atoms with Gasteiger partial charge >= 0.3 is 0 Å². The Balaban J connectivity index is 1.30. The molecule has 0 saturated carbocycles. The first kappa shape index (κ1) is 20.6. The number of benzene rings is 1. The van der Waals surface area contributed by atoms with Crippen molar-refractivity contribution < 1.29 is 14.3 Å². The van der Waals surface area contributed by atoms with Crippen LogP contribution in [-0.4, -0.2) is 66.1 Å². The van der Waals surface area contributed by atoms with Crippen molar-refractivity contribution in [2.24, 2.45) is 0 Å². The van der Waals surface area contributed by atoms with E-state index in [0.717, 1.165) is 56.2 Å². The van der Waals surface area contributed by atoms with Gasteiger partial charge in [-0.25, -0.2) is 0 Å². The third-order valence-corrected chi connectivity index (χ3v) is 5.52. The molecule has 1 unspecified atom stereocenters. The van der Waals surface area contributed by atoms with Crippen LogP contribution in [0.4, 0.5) is 5.69 Å². The van der Waals surface area contributed by atoms with E-state index in [9.17, 15) is 4.79 Å². The molecule has 0 radical (unpaired) electrons. The summed E-state index contributed by atoms with van der Waals surface area (Å²) >= 11 is 0. The summed E-state index contributed by atoms with van der Waals surface area (Å²) in [5, 5.41) is 3.03. The van der Waals surface area contributed by atoms with Crippen LogP contribution in [0.3, 0.4) is 0 Å². The predicted octanol–water partition coefficient (Wildman–Crippen LogP) is 2.56. The Morgan fingerprint density at radius 2 is 2.03 bits per heavy atom. The van der Waals surface area contributed by atoms with Crippen LogP contribution < -0.4 is 14.8 Å². The largest absolute Gasteiger partial charge is 0.492 e. The molecule has 1 aromatic heterocycles. The molecule has 0 bridgehead atoms. The monoisotopic (exact) mass is 410 g/mol. The molecule has 7 heteroatoms. The second kappa shape index (κ2) is 9.45. The molecule has 0 aliphatic carbocycles. The highest BCUT2D eigenvalue weighted by Gasteiger charge is 2.24. The van der Waals surface area contributed by atoms with Crippen LogP contribution in [0, 0.1) is 0 Å². The average molecular weight is 411 g/mol. The number of ether oxygens (including phenoxy) is 2. The fraction of sp³-hybridized carbons (Fsp3) is 0.478. The molecule has 1 saturated heterocycles. The Morgan fingerprint density at radius 3 is 2.77 bits per heavy atom. The summed E-state index contributed by atoms with van der Waals surface area (Å²) in [6.07, 6.45) is 2.85. The number of nitrogens with zero attached hydrogens (tertiary/aromatic N) is 3. The van der Waals surface area contributed by atoms with Gasteiger partial charge in [0.1, 0.15) is 17.6 Å². The van der Waals surface area contributed by atoms with E-state index in [1.165, 1.54) is 0 Å². The first-order valence-electron chi connectivity index (χ1n) is 10.7. The molecule has 7 nitrogen and oxygen atoms in total. The normalized spacial score (nSPS) is 19.2. The van der Waals surface area contributed by atoms with Crippen LogP contribution in [0.15, 0.2) is 36.5 Å². The minimum absolute atomic E-state index is 0.0277. The number of piperazine rings is 1. The highest BCUT2D eigenvalue weighted by atomic mass is 16.5. The standard InChI is InChI=1S/C23H30N4O3/c1-3-29-22-13-18-12-17(2)30-21(18)14-20(22)25-23(28)16-27-10-8-26(9-11-27)15-19-6-4-5-7-24-19/h4-7,13-14,17H,3,8-12,15-16H2,1-2H3,(H,25,28). The van der Waals surface area contributed by atoms with Gasteiger partial charge in [0.05, 0.1) is 24.5 Å². The maximum atomic E-state index is 12.7. The average Bonchev–Trinajstić information content (AvgIpc) is 3.09. The van der Waals surface area contributed by atoms with Gasteiger partial charge in [-0.3, -0.25) is 19.6 Å². The zero-order valence-corrected chi connectivity index (χ0v) is 17.8. The Kier molecular flexibility index (Phi) is 6.50. The number of hydrogen-bond acceptors (Lipinski definition) is 6. The van der Waals surface area contributed by atoms with Crippen molar-refractivity contribution in [2.75, 3.05) is 44.6 Å². The summed E-state index contributed by atoms with van der Waals surface area (Å²) < 4.78 is 11.6. The van der Waals surface area contributed by atoms with Crippen molar-refractivity contribution in [1.82, 2.24) is 14.8 Å². The highest BCUT2D eigenvalue weighted by molar-refractivity contribution is 5.94. The number of hydrogen-bond donors (Lipinski definition) is 1. The fourth-order valence-corrected chi connectivity index (χ4v) is 4.03. The van der Waals surface area contributed by atoms with Crippen LogP contribution in [-0.2, 0) is 17.8 Å². The number of amides is 1. The summed E-state index contributed by atoms with van der Waals surface area (Å²) in [6.45, 7) is 9.36. The molecule has 1 atom stereocenters. The van der Waals surface area contributed by atoms with E-state index in [2.05, 4.69) is 26.2 Å². The number of fused-ring (bicyclic) bond motifs is 1. The van der Waals surface area contributed by atoms with E-state index in [1.54, 1.807) is 0 Å². The molecule has 1 aromatic carbocycles. The molecular formula is C23H30N4O3. The Morgan fingerprint density at radius 1 is 1.23 bits per heavy atom. The van der Waals surface area contributed by atoms with Gasteiger partial charge in [-0.1, -0.05) is 6.07 Å². The number of aromatic nitrogens is 1. The van der Waals surface area contributed by atoms with Gasteiger partial charge in [-0.2, -0.15) is 0 Å². The van der Waals surface area contributed by atoms with E-state index in [-0.39, 0.29) is 12.0 Å². The van der Waals surface area contributed by atoms with Crippen molar-refractivity contribution in [2.45, 2.75) is 32.9 Å². The SMILES string of the molecule is CCOc1cc2c(cc1NC(=O)CN1CCN(Cc3ccccn3)CC1)OC(C)C2. The Bertz CT molecular complexity index is 866. The van der Waals surface area contributed by atoms with Gasteiger partial charge in [0.25, 0.3) is 0 Å². The summed E-state index contributed by atoms with van der Waals surface area (Å²) in [5.41, 5.74) is 2.90. The van der Waals surface area contributed by atoms with Gasteiger partial charge in [0.2, 0.25) is 5.91 Å². The lowest BCUT2D eigenvalue weighted by Crippen LogP contribution is -2.48. The van der Waals surface area contributed by atoms with Crippen molar-refractivity contribution in [3.8, 4) is 11.5 Å². The van der Waals surface area contributed by atoms with Gasteiger partial charge in [0.15, 0.2) is 0 Å². The molecule has 4 rings (SSSR count). The Hall–Kier alpha value is -2.64. The third-order valence-electron chi connectivity index (χ3n) is 5.52. The summed E-state index contributed by atoms with van der Waals surface area (Å²) in [7, 11) is 0. The number of pyridine rings is 1. The number of anilines is 1. The number of rotatable bonds is 7. The Labute approximate surface area is 178 Å². The van der Waals surface area contributed by atoms with Gasteiger partial charge in [-0.15, -0.1) is 0 Å². The molecule has 3 heterocycles. The third kappa shape index (κ3) is 5.09. The second-order valence-electron chi connectivity index (χ2n) is 7.94. The van der Waals surface area contributed by atoms with Gasteiger partial charge in [0, 0.05) is 57.0 Å². The first-order valence-corrected chi connectivity index (χ1v) is 10.7. The summed E-state index contributed by atoms with van der Waals surface area (Å²) in [5.74, 6) is 1.52. The smallest absolute Gasteiger partial charge is 0.238 e. The molecular weight excluding hydrogens is 380 g/mol. The molecule has 0 spiro atoms. The van der Waals surface area contributed by atoms with Crippen molar-refractivity contribution in [3.63, 3.8) is 0 Å². The van der Waals surface area contributed by atoms with Crippen LogP contribution in [0.1, 0.15) is 25.1 Å². The maximum absolute atomic E-state index is 12.7. The molecule has 2 aromatic rings. The van der Waals surface area contributed by atoms with Crippen LogP contribution in [0.25, 0.3) is 0 Å². The van der Waals surface area contributed by atoms with Crippen molar-refractivity contribution in [3.05, 3.63) is 47.8 Å². The molecule has 160 valence electrons. The first-order chi connectivity index (χ1) is 14.6. The minimum Gasteiger partial charge on any atom is -0.492 e. The number of carbonyl (C=O) groups is 1. The fourth-order valence-electron chi connectivity index (χ4n) is 4.03. The van der Waals surface area contributed by atoms with Crippen molar-refractivity contribution >= 4 is 11.6 Å². The van der Waals surface area contributed by atoms with Crippen molar-refractivity contribution in [1.29, 1.82) is 0 Å². The van der Waals surface area contributed by atoms with Gasteiger partial charge < -0.3 is 14.8 Å². The molecule has 1 N–H and O–H groups in total. The van der Waals surface area contributed by atoms with E-state index >= 15 is 0 Å². The molecule has 30 heavy (non-hydrogen) atoms. The molecule has 1 fully saturated rings. The van der Waals surface area contributed by atoms with E-state index in [1.807, 2.05) is 44.3 Å². The summed E-state index contributed by atoms with van der Waals surface area (Å²) in [6, 6.07) is 9.90. The predicted molar refractivity (Wildman–Crippen MR) is 116 cm³/mol. The van der Waals surface area contributed by atoms with E-state index < -0.39 is 0 Å². The number of carbonyl (C=O) groups excluding carboxylic acids is 1. The van der Waals surface area contributed by atoms with E-state index in [4.69, 9.17) is 9.47 Å². The van der Waals surface area contributed by atoms with Crippen LogP contribution >= 0.6 is 0 Å². The van der Waals surface area contributed by atoms with Gasteiger partial charge in [-0.05, 0) is 32.0 Å². The molecule has 2 aliphatic heterocycles. The highest BCUT2D eigenvalue weighted by Crippen LogP contribution is 2.38. The lowest BCUT2D eigenvalue weighted by Gasteiger charge is -2.34. The molecule has 1 amide bonds. The topological polar surface area (TPSA) is 66.9 Å². The van der Waals surface area contributed by atoms with Crippen LogP contribution in [0.2, 0.25) is 0 Å². The lowest BCUT2D eigenvalue weighted by molar-refractivity contribution is -0.117. The maximum Gasteiger partial charge on any atom is 0.238 e. The van der Waals surface area contributed by atoms with Crippen LogP contribution in [0.5, 0.6) is 11.5 Å².